The molecule has 0 aromatic carbocycles. The van der Waals surface area contributed by atoms with Crippen molar-refractivity contribution in [3.63, 3.8) is 0 Å². The summed E-state index contributed by atoms with van der Waals surface area (Å²) in [6, 6.07) is 4.03. The lowest BCUT2D eigenvalue weighted by molar-refractivity contribution is 0.775. The van der Waals surface area contributed by atoms with Crippen LogP contribution in [0, 0.1) is 0 Å². The van der Waals surface area contributed by atoms with E-state index in [-0.39, 0.29) is 0 Å². The molecular formula is C12H13N5. The van der Waals surface area contributed by atoms with Crippen molar-refractivity contribution in [2.24, 2.45) is 7.05 Å². The van der Waals surface area contributed by atoms with Crippen molar-refractivity contribution >= 4 is 11.2 Å². The number of aromatic nitrogens is 5. The average Bonchev–Trinajstić information content (AvgIpc) is 2.93. The maximum atomic E-state index is 4.39. The van der Waals surface area contributed by atoms with Gasteiger partial charge < -0.3 is 4.98 Å². The van der Waals surface area contributed by atoms with Crippen LogP contribution in [0.5, 0.6) is 0 Å². The van der Waals surface area contributed by atoms with Crippen LogP contribution in [0.4, 0.5) is 0 Å². The Balaban J connectivity index is 2.16. The summed E-state index contributed by atoms with van der Waals surface area (Å²) in [5.41, 5.74) is 3.84. The first kappa shape index (κ1) is 10.0. The van der Waals surface area contributed by atoms with Gasteiger partial charge in [-0.15, -0.1) is 0 Å². The maximum Gasteiger partial charge on any atom is 0.177 e. The first-order chi connectivity index (χ1) is 8.28. The van der Waals surface area contributed by atoms with Crippen molar-refractivity contribution in [3.8, 4) is 11.3 Å². The van der Waals surface area contributed by atoms with Crippen LogP contribution in [0.1, 0.15) is 12.7 Å². The molecule has 1 N–H and O–H groups in total. The van der Waals surface area contributed by atoms with E-state index >= 15 is 0 Å². The normalized spacial score (nSPS) is 11.2. The zero-order valence-corrected chi connectivity index (χ0v) is 9.81. The van der Waals surface area contributed by atoms with Crippen molar-refractivity contribution < 1.29 is 0 Å². The average molecular weight is 227 g/mol. The Hall–Kier alpha value is -2.17. The van der Waals surface area contributed by atoms with Crippen LogP contribution >= 0.6 is 0 Å². The number of aryl methyl sites for hydroxylation is 2. The molecule has 0 amide bonds. The highest BCUT2D eigenvalue weighted by atomic mass is 15.3. The minimum atomic E-state index is 0.771. The van der Waals surface area contributed by atoms with Gasteiger partial charge in [-0.1, -0.05) is 6.92 Å². The van der Waals surface area contributed by atoms with Crippen molar-refractivity contribution in [3.05, 3.63) is 30.4 Å². The van der Waals surface area contributed by atoms with Crippen LogP contribution in [-0.2, 0) is 13.5 Å². The molecule has 5 heteroatoms. The molecule has 3 heterocycles. The van der Waals surface area contributed by atoms with E-state index in [2.05, 4.69) is 33.0 Å². The second kappa shape index (κ2) is 3.69. The Labute approximate surface area is 98.5 Å². The summed E-state index contributed by atoms with van der Waals surface area (Å²) in [5, 5.41) is 4.16. The Morgan fingerprint density at radius 1 is 1.41 bits per heavy atom. The van der Waals surface area contributed by atoms with Crippen LogP contribution in [0.25, 0.3) is 22.4 Å². The molecule has 0 unspecified atom stereocenters. The largest absolute Gasteiger partial charge is 0.341 e. The van der Waals surface area contributed by atoms with Gasteiger partial charge in [-0.05, 0) is 12.1 Å². The number of fused-ring (bicyclic) bond motifs is 1. The summed E-state index contributed by atoms with van der Waals surface area (Å²) in [5.74, 6) is 0.967. The molecule has 0 bridgehead atoms. The molecule has 0 aliphatic rings. The Kier molecular flexibility index (Phi) is 2.18. The first-order valence-electron chi connectivity index (χ1n) is 5.61. The van der Waals surface area contributed by atoms with E-state index in [0.29, 0.717) is 0 Å². The molecule has 3 aromatic rings. The van der Waals surface area contributed by atoms with Gasteiger partial charge in [0.2, 0.25) is 0 Å². The number of H-pyrrole nitrogens is 1. The molecular weight excluding hydrogens is 214 g/mol. The quantitative estimate of drug-likeness (QED) is 0.727. The van der Waals surface area contributed by atoms with E-state index in [9.17, 15) is 0 Å². The highest BCUT2D eigenvalue weighted by molar-refractivity contribution is 5.77. The number of nitrogens with one attached hydrogen (secondary N) is 1. The second-order valence-corrected chi connectivity index (χ2v) is 3.97. The molecule has 0 atom stereocenters. The number of aromatic amines is 1. The summed E-state index contributed by atoms with van der Waals surface area (Å²) in [7, 11) is 1.92. The molecule has 0 radical (unpaired) electrons. The Morgan fingerprint density at radius 3 is 3.00 bits per heavy atom. The van der Waals surface area contributed by atoms with Crippen LogP contribution in [0.15, 0.2) is 24.5 Å². The molecule has 0 saturated carbocycles. The van der Waals surface area contributed by atoms with Crippen LogP contribution < -0.4 is 0 Å². The molecule has 17 heavy (non-hydrogen) atoms. The molecule has 5 nitrogen and oxygen atoms in total. The van der Waals surface area contributed by atoms with Gasteiger partial charge in [0.1, 0.15) is 5.82 Å². The highest BCUT2D eigenvalue weighted by Crippen LogP contribution is 2.20. The van der Waals surface area contributed by atoms with E-state index in [1.54, 1.807) is 6.20 Å². The number of nitrogens with zero attached hydrogens (tertiary/aromatic N) is 4. The predicted molar refractivity (Wildman–Crippen MR) is 65.5 cm³/mol. The Morgan fingerprint density at radius 2 is 2.29 bits per heavy atom. The SMILES string of the molecule is CCc1nc2ncc(-c3ccnn3C)cc2[nH]1. The molecule has 86 valence electrons. The van der Waals surface area contributed by atoms with Crippen molar-refractivity contribution in [1.29, 1.82) is 0 Å². The second-order valence-electron chi connectivity index (χ2n) is 3.97. The number of hydrogen-bond donors (Lipinski definition) is 1. The fraction of sp³-hybridized carbons (Fsp3) is 0.250. The minimum absolute atomic E-state index is 0.771. The maximum absolute atomic E-state index is 4.39. The first-order valence-corrected chi connectivity index (χ1v) is 5.61. The van der Waals surface area contributed by atoms with E-state index in [0.717, 1.165) is 34.7 Å². The topological polar surface area (TPSA) is 59.4 Å². The molecule has 0 spiro atoms. The lowest BCUT2D eigenvalue weighted by atomic mass is 10.2. The van der Waals surface area contributed by atoms with Crippen molar-refractivity contribution in [1.82, 2.24) is 24.7 Å². The summed E-state index contributed by atoms with van der Waals surface area (Å²) in [4.78, 5) is 12.0. The molecule has 0 aliphatic carbocycles. The van der Waals surface area contributed by atoms with Crippen LogP contribution in [-0.4, -0.2) is 24.7 Å². The fourth-order valence-corrected chi connectivity index (χ4v) is 1.91. The third kappa shape index (κ3) is 1.60. The van der Waals surface area contributed by atoms with Crippen molar-refractivity contribution in [2.75, 3.05) is 0 Å². The van der Waals surface area contributed by atoms with Gasteiger partial charge in [0.25, 0.3) is 0 Å². The molecule has 3 aromatic heterocycles. The molecule has 3 rings (SSSR count). The molecule has 0 aliphatic heterocycles. The lowest BCUT2D eigenvalue weighted by Gasteiger charge is -2.00. The van der Waals surface area contributed by atoms with Crippen molar-refractivity contribution in [2.45, 2.75) is 13.3 Å². The molecule has 0 saturated heterocycles. The number of rotatable bonds is 2. The van der Waals surface area contributed by atoms with Crippen LogP contribution in [0.3, 0.4) is 0 Å². The summed E-state index contributed by atoms with van der Waals surface area (Å²) in [6.07, 6.45) is 4.50. The molecule has 0 fully saturated rings. The van der Waals surface area contributed by atoms with Gasteiger partial charge in [-0.2, -0.15) is 5.10 Å². The van der Waals surface area contributed by atoms with Gasteiger partial charge in [0.15, 0.2) is 5.65 Å². The Bertz CT molecular complexity index is 664. The third-order valence-corrected chi connectivity index (χ3v) is 2.84. The van der Waals surface area contributed by atoms with Gasteiger partial charge in [-0.3, -0.25) is 4.68 Å². The van der Waals surface area contributed by atoms with E-state index < -0.39 is 0 Å². The predicted octanol–water partition coefficient (Wildman–Crippen LogP) is 1.92. The zero-order chi connectivity index (χ0) is 11.8. The minimum Gasteiger partial charge on any atom is -0.341 e. The lowest BCUT2D eigenvalue weighted by Crippen LogP contribution is -1.93. The van der Waals surface area contributed by atoms with E-state index in [1.165, 1.54) is 0 Å². The van der Waals surface area contributed by atoms with E-state index in [4.69, 9.17) is 0 Å². The van der Waals surface area contributed by atoms with Gasteiger partial charge >= 0.3 is 0 Å². The van der Waals surface area contributed by atoms with Crippen LogP contribution in [0.2, 0.25) is 0 Å². The summed E-state index contributed by atoms with van der Waals surface area (Å²) >= 11 is 0. The smallest absolute Gasteiger partial charge is 0.177 e. The van der Waals surface area contributed by atoms with Gasteiger partial charge in [-0.25, -0.2) is 9.97 Å². The standard InChI is InChI=1S/C12H13N5/c1-3-11-15-9-6-8(7-13-12(9)16-11)10-4-5-14-17(10)2/h4-7H,3H2,1-2H3,(H,13,15,16). The number of pyridine rings is 1. The fourth-order valence-electron chi connectivity index (χ4n) is 1.91. The highest BCUT2D eigenvalue weighted by Gasteiger charge is 2.07. The zero-order valence-electron chi connectivity index (χ0n) is 9.81. The summed E-state index contributed by atoms with van der Waals surface area (Å²) in [6.45, 7) is 2.07. The number of hydrogen-bond acceptors (Lipinski definition) is 3. The monoisotopic (exact) mass is 227 g/mol. The number of imidazole rings is 1. The summed E-state index contributed by atoms with van der Waals surface area (Å²) < 4.78 is 1.83. The third-order valence-electron chi connectivity index (χ3n) is 2.84. The van der Waals surface area contributed by atoms with Gasteiger partial charge in [0, 0.05) is 31.4 Å². The van der Waals surface area contributed by atoms with Gasteiger partial charge in [0.05, 0.1) is 11.2 Å². The van der Waals surface area contributed by atoms with E-state index in [1.807, 2.05) is 24.0 Å².